The minimum Gasteiger partial charge on any atom is -0.497 e. The van der Waals surface area contributed by atoms with Crippen LogP contribution in [0.3, 0.4) is 0 Å². The average molecular weight is 475 g/mol. The highest BCUT2D eigenvalue weighted by Gasteiger charge is 2.19. The Morgan fingerprint density at radius 3 is 1.91 bits per heavy atom. The molecule has 1 aliphatic heterocycles. The number of benzene rings is 2. The highest BCUT2D eigenvalue weighted by Crippen LogP contribution is 2.24. The second kappa shape index (κ2) is 12.6. The van der Waals surface area contributed by atoms with Crippen LogP contribution in [0.15, 0.2) is 53.4 Å². The van der Waals surface area contributed by atoms with E-state index in [-0.39, 0.29) is 6.03 Å². The molecule has 0 atom stereocenters. The van der Waals surface area contributed by atoms with Gasteiger partial charge in [0.1, 0.15) is 5.75 Å². The first-order chi connectivity index (χ1) is 16.1. The van der Waals surface area contributed by atoms with Gasteiger partial charge in [0.15, 0.2) is 6.29 Å². The maximum Gasteiger partial charge on any atom is 0.327 e. The number of hydrogen-bond donors (Lipinski definition) is 1. The fraction of sp³-hybridized carbons (Fsp3) is 0.458. The number of anilines is 2. The van der Waals surface area contributed by atoms with Gasteiger partial charge in [-0.2, -0.15) is 0 Å². The molecule has 0 saturated carbocycles. The van der Waals surface area contributed by atoms with Crippen LogP contribution in [0, 0.1) is 0 Å². The van der Waals surface area contributed by atoms with Crippen molar-refractivity contribution in [2.45, 2.75) is 18.1 Å². The van der Waals surface area contributed by atoms with Crippen molar-refractivity contribution < 1.29 is 19.0 Å². The van der Waals surface area contributed by atoms with Gasteiger partial charge in [-0.05, 0) is 67.4 Å². The number of nitrogens with zero attached hydrogens (tertiary/aromatic N) is 3. The van der Waals surface area contributed by atoms with Gasteiger partial charge < -0.3 is 28.9 Å². The van der Waals surface area contributed by atoms with Crippen molar-refractivity contribution in [1.29, 1.82) is 0 Å². The lowest BCUT2D eigenvalue weighted by atomic mass is 10.2. The van der Waals surface area contributed by atoms with Gasteiger partial charge in [-0.3, -0.25) is 4.72 Å². The molecule has 1 fully saturated rings. The van der Waals surface area contributed by atoms with Crippen LogP contribution >= 0.6 is 11.9 Å². The van der Waals surface area contributed by atoms with E-state index in [0.29, 0.717) is 13.1 Å². The number of hydrogen-bond acceptors (Lipinski definition) is 7. The largest absolute Gasteiger partial charge is 0.497 e. The number of carbonyl (C=O) groups excluding carboxylic acids is 1. The Hall–Kier alpha value is -2.62. The first-order valence-electron chi connectivity index (χ1n) is 11.1. The molecule has 1 N–H and O–H groups in total. The number of amides is 2. The third-order valence-electron chi connectivity index (χ3n) is 5.74. The minimum atomic E-state index is -0.440. The van der Waals surface area contributed by atoms with Crippen LogP contribution in [0.1, 0.15) is 6.92 Å². The molecule has 0 radical (unpaired) electrons. The van der Waals surface area contributed by atoms with Crippen LogP contribution in [-0.2, 0) is 9.47 Å². The van der Waals surface area contributed by atoms with E-state index in [1.165, 1.54) is 23.3 Å². The van der Waals surface area contributed by atoms with E-state index in [9.17, 15) is 4.79 Å². The number of ether oxygens (including phenoxy) is 3. The lowest BCUT2D eigenvalue weighted by molar-refractivity contribution is -0.110. The van der Waals surface area contributed by atoms with Crippen LogP contribution in [0.4, 0.5) is 16.2 Å². The van der Waals surface area contributed by atoms with Gasteiger partial charge in [0.25, 0.3) is 0 Å². The maximum atomic E-state index is 12.5. The summed E-state index contributed by atoms with van der Waals surface area (Å²) in [4.78, 5) is 19.9. The number of methoxy groups -OCH3 is 3. The van der Waals surface area contributed by atoms with Crippen LogP contribution in [0.25, 0.3) is 0 Å². The van der Waals surface area contributed by atoms with Crippen molar-refractivity contribution in [1.82, 2.24) is 9.62 Å². The molecule has 1 saturated heterocycles. The summed E-state index contributed by atoms with van der Waals surface area (Å²) in [6.45, 7) is 6.72. The highest BCUT2D eigenvalue weighted by atomic mass is 32.2. The predicted octanol–water partition coefficient (Wildman–Crippen LogP) is 3.68. The lowest BCUT2D eigenvalue weighted by Gasteiger charge is -2.37. The SMILES string of the molecule is CCN(CC(OC)OC)C(=O)NSc1ccc(N2CCN(c3ccc(OC)cc3)CC2)cc1. The van der Waals surface area contributed by atoms with E-state index in [0.717, 1.165) is 36.8 Å². The van der Waals surface area contributed by atoms with E-state index in [2.05, 4.69) is 38.8 Å². The molecule has 33 heavy (non-hydrogen) atoms. The number of rotatable bonds is 10. The molecule has 8 nitrogen and oxygen atoms in total. The van der Waals surface area contributed by atoms with Crippen molar-refractivity contribution in [3.63, 3.8) is 0 Å². The Bertz CT molecular complexity index is 854. The summed E-state index contributed by atoms with van der Waals surface area (Å²) in [5.74, 6) is 0.878. The Balaban J connectivity index is 1.47. The van der Waals surface area contributed by atoms with Gasteiger partial charge in [-0.1, -0.05) is 0 Å². The molecule has 0 bridgehead atoms. The first-order valence-corrected chi connectivity index (χ1v) is 11.9. The molecule has 0 aromatic heterocycles. The Labute approximate surface area is 200 Å². The molecule has 9 heteroatoms. The zero-order valence-corrected chi connectivity index (χ0v) is 20.6. The molecule has 2 aromatic rings. The second-order valence-electron chi connectivity index (χ2n) is 7.61. The molecule has 0 spiro atoms. The standard InChI is InChI=1S/C24H34N4O4S/c1-5-26(18-23(31-3)32-4)24(29)25-33-22-12-8-20(9-13-22)28-16-14-27(15-17-28)19-6-10-21(30-2)11-7-19/h6-13,23H,5,14-18H2,1-4H3,(H,25,29). The molecule has 0 unspecified atom stereocenters. The van der Waals surface area contributed by atoms with E-state index >= 15 is 0 Å². The van der Waals surface area contributed by atoms with Crippen LogP contribution in [0.2, 0.25) is 0 Å². The van der Waals surface area contributed by atoms with E-state index < -0.39 is 6.29 Å². The first kappa shape index (κ1) is 25.0. The van der Waals surface area contributed by atoms with Gasteiger partial charge in [0, 0.05) is 63.2 Å². The number of urea groups is 1. The normalized spacial score (nSPS) is 13.8. The van der Waals surface area contributed by atoms with Crippen molar-refractivity contribution in [2.24, 2.45) is 0 Å². The maximum absolute atomic E-state index is 12.5. The number of nitrogens with one attached hydrogen (secondary N) is 1. The summed E-state index contributed by atoms with van der Waals surface area (Å²) in [5.41, 5.74) is 2.42. The Morgan fingerprint density at radius 2 is 1.45 bits per heavy atom. The van der Waals surface area contributed by atoms with Crippen LogP contribution in [0.5, 0.6) is 5.75 Å². The summed E-state index contributed by atoms with van der Waals surface area (Å²) in [6.07, 6.45) is -0.440. The fourth-order valence-electron chi connectivity index (χ4n) is 3.69. The summed E-state index contributed by atoms with van der Waals surface area (Å²) in [6, 6.07) is 16.4. The van der Waals surface area contributed by atoms with Crippen molar-refractivity contribution in [3.8, 4) is 5.75 Å². The van der Waals surface area contributed by atoms with Gasteiger partial charge in [0.05, 0.1) is 13.7 Å². The molecule has 180 valence electrons. The van der Waals surface area contributed by atoms with Crippen LogP contribution in [-0.4, -0.2) is 77.8 Å². The van der Waals surface area contributed by atoms with Gasteiger partial charge in [-0.25, -0.2) is 4.79 Å². The zero-order valence-electron chi connectivity index (χ0n) is 19.8. The summed E-state index contributed by atoms with van der Waals surface area (Å²) in [7, 11) is 4.82. The topological polar surface area (TPSA) is 66.5 Å². The lowest BCUT2D eigenvalue weighted by Crippen LogP contribution is -2.46. The third-order valence-corrected chi connectivity index (χ3v) is 6.52. The molecule has 0 aliphatic carbocycles. The fourth-order valence-corrected chi connectivity index (χ4v) is 4.30. The molecule has 3 rings (SSSR count). The van der Waals surface area contributed by atoms with E-state index in [1.807, 2.05) is 31.2 Å². The van der Waals surface area contributed by atoms with Crippen LogP contribution < -0.4 is 19.3 Å². The second-order valence-corrected chi connectivity index (χ2v) is 8.49. The molecular formula is C24H34N4O4S. The smallest absolute Gasteiger partial charge is 0.327 e. The van der Waals surface area contributed by atoms with E-state index in [1.54, 1.807) is 26.2 Å². The predicted molar refractivity (Wildman–Crippen MR) is 133 cm³/mol. The molecule has 2 amide bonds. The summed E-state index contributed by atoms with van der Waals surface area (Å²) in [5, 5.41) is 0. The number of piperazine rings is 1. The highest BCUT2D eigenvalue weighted by molar-refractivity contribution is 7.98. The number of likely N-dealkylation sites (N-methyl/N-ethyl adjacent to an activating group) is 1. The quantitative estimate of drug-likeness (QED) is 0.416. The van der Waals surface area contributed by atoms with Gasteiger partial charge in [-0.15, -0.1) is 0 Å². The molecule has 2 aromatic carbocycles. The average Bonchev–Trinajstić information content (AvgIpc) is 2.88. The third kappa shape index (κ3) is 6.93. The monoisotopic (exact) mass is 474 g/mol. The van der Waals surface area contributed by atoms with Crippen molar-refractivity contribution in [2.75, 3.05) is 70.4 Å². The van der Waals surface area contributed by atoms with Crippen molar-refractivity contribution >= 4 is 29.4 Å². The minimum absolute atomic E-state index is 0.166. The van der Waals surface area contributed by atoms with Crippen molar-refractivity contribution in [3.05, 3.63) is 48.5 Å². The Morgan fingerprint density at radius 1 is 0.939 bits per heavy atom. The zero-order chi connectivity index (χ0) is 23.6. The van der Waals surface area contributed by atoms with Gasteiger partial charge in [0.2, 0.25) is 0 Å². The summed E-state index contributed by atoms with van der Waals surface area (Å²) >= 11 is 1.31. The Kier molecular flexibility index (Phi) is 9.53. The van der Waals surface area contributed by atoms with Gasteiger partial charge >= 0.3 is 6.03 Å². The molecular weight excluding hydrogens is 440 g/mol. The molecule has 1 aliphatic rings. The summed E-state index contributed by atoms with van der Waals surface area (Å²) < 4.78 is 18.5. The number of carbonyl (C=O) groups is 1. The molecule has 1 heterocycles. The van der Waals surface area contributed by atoms with E-state index in [4.69, 9.17) is 14.2 Å².